The smallest absolute Gasteiger partial charge is 0.169 e. The zero-order valence-electron chi connectivity index (χ0n) is 17.1. The highest BCUT2D eigenvalue weighted by atomic mass is 16.7. The van der Waals surface area contributed by atoms with Crippen LogP contribution in [-0.4, -0.2) is 29.2 Å². The van der Waals surface area contributed by atoms with E-state index in [9.17, 15) is 5.11 Å². The fourth-order valence-electron chi connectivity index (χ4n) is 4.56. The molecule has 3 nitrogen and oxygen atoms in total. The Bertz CT molecular complexity index is 389. The zero-order valence-corrected chi connectivity index (χ0v) is 17.1. The maximum Gasteiger partial charge on any atom is 0.169 e. The summed E-state index contributed by atoms with van der Waals surface area (Å²) in [5, 5.41) is 11.2. The number of rotatable bonds is 13. The van der Waals surface area contributed by atoms with E-state index in [1.54, 1.807) is 0 Å². The highest BCUT2D eigenvalue weighted by Gasteiger charge is 2.49. The fourth-order valence-corrected chi connectivity index (χ4v) is 4.56. The Morgan fingerprint density at radius 3 is 2.23 bits per heavy atom. The molecule has 1 N–H and O–H groups in total. The second-order valence-electron chi connectivity index (χ2n) is 8.56. The van der Waals surface area contributed by atoms with Crippen LogP contribution in [0.5, 0.6) is 0 Å². The molecule has 0 aromatic carbocycles. The summed E-state index contributed by atoms with van der Waals surface area (Å²) in [5.41, 5.74) is -0.816. The molecule has 1 spiro atoms. The predicted octanol–water partition coefficient (Wildman–Crippen LogP) is 6.29. The highest BCUT2D eigenvalue weighted by molar-refractivity contribution is 4.97. The fraction of sp³-hybridized carbons (Fsp3) is 0.913. The van der Waals surface area contributed by atoms with Gasteiger partial charge in [0.25, 0.3) is 0 Å². The number of hydrogen-bond acceptors (Lipinski definition) is 3. The maximum absolute atomic E-state index is 11.2. The summed E-state index contributed by atoms with van der Waals surface area (Å²) in [5.74, 6) is -0.406. The molecule has 1 aliphatic heterocycles. The van der Waals surface area contributed by atoms with Gasteiger partial charge in [-0.05, 0) is 25.7 Å². The Morgan fingerprint density at radius 1 is 1.00 bits per heavy atom. The van der Waals surface area contributed by atoms with E-state index >= 15 is 0 Å². The minimum Gasteiger partial charge on any atom is -0.387 e. The molecule has 26 heavy (non-hydrogen) atoms. The van der Waals surface area contributed by atoms with E-state index < -0.39 is 11.4 Å². The van der Waals surface area contributed by atoms with Crippen molar-refractivity contribution in [1.82, 2.24) is 0 Å². The Morgan fingerprint density at radius 2 is 1.62 bits per heavy atom. The van der Waals surface area contributed by atoms with Gasteiger partial charge in [-0.15, -0.1) is 6.58 Å². The predicted molar refractivity (Wildman–Crippen MR) is 108 cm³/mol. The van der Waals surface area contributed by atoms with E-state index in [0.717, 1.165) is 25.7 Å². The van der Waals surface area contributed by atoms with Gasteiger partial charge >= 0.3 is 0 Å². The average Bonchev–Trinajstić information content (AvgIpc) is 3.05. The highest BCUT2D eigenvalue weighted by Crippen LogP contribution is 2.42. The molecule has 1 heterocycles. The topological polar surface area (TPSA) is 38.7 Å². The van der Waals surface area contributed by atoms with Crippen LogP contribution in [-0.2, 0) is 9.47 Å². The molecule has 2 aliphatic rings. The van der Waals surface area contributed by atoms with Crippen LogP contribution in [0.2, 0.25) is 0 Å². The van der Waals surface area contributed by atoms with Crippen molar-refractivity contribution in [2.24, 2.45) is 0 Å². The lowest BCUT2D eigenvalue weighted by atomic mass is 9.87. The summed E-state index contributed by atoms with van der Waals surface area (Å²) in [6, 6.07) is 0. The molecule has 152 valence electrons. The Hall–Kier alpha value is -0.380. The maximum atomic E-state index is 11.2. The van der Waals surface area contributed by atoms with Crippen LogP contribution in [0.3, 0.4) is 0 Å². The van der Waals surface area contributed by atoms with Gasteiger partial charge in [0.05, 0.1) is 12.2 Å². The summed E-state index contributed by atoms with van der Waals surface area (Å²) in [4.78, 5) is 0. The van der Waals surface area contributed by atoms with Gasteiger partial charge in [0.2, 0.25) is 0 Å². The number of ether oxygens (including phenoxy) is 2. The van der Waals surface area contributed by atoms with Crippen LogP contribution in [0.25, 0.3) is 0 Å². The van der Waals surface area contributed by atoms with E-state index in [-0.39, 0.29) is 6.10 Å². The molecular formula is C23H42O3. The van der Waals surface area contributed by atoms with E-state index in [4.69, 9.17) is 9.47 Å². The molecule has 1 saturated carbocycles. The lowest BCUT2D eigenvalue weighted by Crippen LogP contribution is -2.45. The molecule has 2 fully saturated rings. The molecule has 0 unspecified atom stereocenters. The summed E-state index contributed by atoms with van der Waals surface area (Å²) >= 11 is 0. The van der Waals surface area contributed by atoms with E-state index in [0.29, 0.717) is 13.0 Å². The van der Waals surface area contributed by atoms with Crippen LogP contribution in [0.1, 0.15) is 110 Å². The van der Waals surface area contributed by atoms with Crippen molar-refractivity contribution in [3.8, 4) is 0 Å². The van der Waals surface area contributed by atoms with E-state index in [1.165, 1.54) is 70.6 Å². The van der Waals surface area contributed by atoms with Crippen molar-refractivity contribution in [2.45, 2.75) is 127 Å². The molecule has 2 atom stereocenters. The van der Waals surface area contributed by atoms with E-state index in [2.05, 4.69) is 13.5 Å². The summed E-state index contributed by atoms with van der Waals surface area (Å²) in [7, 11) is 0. The third-order valence-electron chi connectivity index (χ3n) is 6.28. The molecule has 0 radical (unpaired) electrons. The first-order valence-corrected chi connectivity index (χ1v) is 11.3. The minimum absolute atomic E-state index is 0.201. The van der Waals surface area contributed by atoms with Crippen molar-refractivity contribution >= 4 is 0 Å². The van der Waals surface area contributed by atoms with Crippen molar-refractivity contribution in [1.29, 1.82) is 0 Å². The van der Waals surface area contributed by atoms with Crippen molar-refractivity contribution in [2.75, 3.05) is 6.61 Å². The Labute approximate surface area is 161 Å². The lowest BCUT2D eigenvalue weighted by Gasteiger charge is -2.36. The molecule has 1 saturated heterocycles. The van der Waals surface area contributed by atoms with Crippen molar-refractivity contribution < 1.29 is 14.6 Å². The largest absolute Gasteiger partial charge is 0.387 e. The summed E-state index contributed by atoms with van der Waals surface area (Å²) in [6.07, 6.45) is 20.3. The van der Waals surface area contributed by atoms with Gasteiger partial charge in [-0.3, -0.25) is 0 Å². The monoisotopic (exact) mass is 366 g/mol. The van der Waals surface area contributed by atoms with Crippen LogP contribution in [0, 0.1) is 0 Å². The quantitative estimate of drug-likeness (QED) is 0.307. The first kappa shape index (κ1) is 21.9. The SMILES string of the molecule is C=CC[C@](O)(CCCCCCCCCCC)[C@H]1COC2(CCCCC2)O1. The van der Waals surface area contributed by atoms with Gasteiger partial charge in [0.15, 0.2) is 5.79 Å². The molecule has 1 aliphatic carbocycles. The van der Waals surface area contributed by atoms with Gasteiger partial charge in [0.1, 0.15) is 6.10 Å². The van der Waals surface area contributed by atoms with Gasteiger partial charge in [-0.25, -0.2) is 0 Å². The van der Waals surface area contributed by atoms with Crippen LogP contribution < -0.4 is 0 Å². The Balaban J connectivity index is 1.69. The van der Waals surface area contributed by atoms with Gasteiger partial charge in [0, 0.05) is 12.8 Å². The van der Waals surface area contributed by atoms with Crippen LogP contribution in [0.4, 0.5) is 0 Å². The molecular weight excluding hydrogens is 324 g/mol. The van der Waals surface area contributed by atoms with Gasteiger partial charge in [-0.2, -0.15) is 0 Å². The standard InChI is InChI=1S/C23H42O3/c1-3-5-6-7-8-9-10-11-13-17-22(24,16-4-2)21-20-25-23(26-21)18-14-12-15-19-23/h4,21,24H,2-3,5-20H2,1H3/t21-,22+/m1/s1. The number of unbranched alkanes of at least 4 members (excludes halogenated alkanes) is 8. The second-order valence-corrected chi connectivity index (χ2v) is 8.56. The van der Waals surface area contributed by atoms with Crippen LogP contribution >= 0.6 is 0 Å². The molecule has 0 aromatic heterocycles. The number of hydrogen-bond donors (Lipinski definition) is 1. The first-order chi connectivity index (χ1) is 12.6. The molecule has 0 bridgehead atoms. The summed E-state index contributed by atoms with van der Waals surface area (Å²) < 4.78 is 12.4. The van der Waals surface area contributed by atoms with Gasteiger partial charge < -0.3 is 14.6 Å². The normalized spacial score (nSPS) is 24.6. The average molecular weight is 367 g/mol. The first-order valence-electron chi connectivity index (χ1n) is 11.3. The molecule has 0 amide bonds. The second kappa shape index (κ2) is 11.5. The van der Waals surface area contributed by atoms with Crippen LogP contribution in [0.15, 0.2) is 12.7 Å². The molecule has 2 rings (SSSR count). The third-order valence-corrected chi connectivity index (χ3v) is 6.28. The van der Waals surface area contributed by atoms with Crippen molar-refractivity contribution in [3.63, 3.8) is 0 Å². The Kier molecular flexibility index (Phi) is 9.66. The van der Waals surface area contributed by atoms with E-state index in [1.807, 2.05) is 6.08 Å². The van der Waals surface area contributed by atoms with Crippen molar-refractivity contribution in [3.05, 3.63) is 12.7 Å². The molecule has 3 heteroatoms. The summed E-state index contributed by atoms with van der Waals surface area (Å²) in [6.45, 7) is 6.65. The molecule has 0 aromatic rings. The minimum atomic E-state index is -0.816. The zero-order chi connectivity index (χ0) is 18.7. The van der Waals surface area contributed by atoms with Gasteiger partial charge in [-0.1, -0.05) is 77.2 Å². The lowest BCUT2D eigenvalue weighted by molar-refractivity contribution is -0.208. The number of aliphatic hydroxyl groups is 1. The third kappa shape index (κ3) is 6.65.